The van der Waals surface area contributed by atoms with Gasteiger partial charge in [0.15, 0.2) is 4.80 Å². The van der Waals surface area contributed by atoms with Gasteiger partial charge in [-0.3, -0.25) is 9.79 Å². The molecule has 1 N–H and O–H groups in total. The van der Waals surface area contributed by atoms with Crippen molar-refractivity contribution in [3.8, 4) is 11.5 Å². The molecular formula is C30H33N3O2S. The van der Waals surface area contributed by atoms with Crippen molar-refractivity contribution >= 4 is 22.9 Å². The van der Waals surface area contributed by atoms with E-state index in [0.717, 1.165) is 45.4 Å². The highest BCUT2D eigenvalue weighted by Gasteiger charge is 2.51. The van der Waals surface area contributed by atoms with Gasteiger partial charge in [-0.1, -0.05) is 18.2 Å². The second-order valence-electron chi connectivity index (χ2n) is 11.5. The maximum atomic E-state index is 13.0. The Morgan fingerprint density at radius 2 is 1.58 bits per heavy atom. The first-order chi connectivity index (χ1) is 17.6. The van der Waals surface area contributed by atoms with E-state index in [2.05, 4.69) is 15.3 Å². The highest BCUT2D eigenvalue weighted by Crippen LogP contribution is 2.57. The van der Waals surface area contributed by atoms with E-state index >= 15 is 0 Å². The van der Waals surface area contributed by atoms with Crippen molar-refractivity contribution in [1.82, 2.24) is 4.57 Å². The number of amides is 1. The average molecular weight is 500 g/mol. The summed E-state index contributed by atoms with van der Waals surface area (Å²) in [5, 5.41) is 5.24. The number of nitrogens with zero attached hydrogens (tertiary/aromatic N) is 2. The molecule has 0 aliphatic heterocycles. The summed E-state index contributed by atoms with van der Waals surface area (Å²) in [5.74, 6) is 4.24. The second-order valence-corrected chi connectivity index (χ2v) is 12.4. The number of nitrogens with one attached hydrogen (secondary N) is 1. The molecule has 5 aliphatic carbocycles. The summed E-state index contributed by atoms with van der Waals surface area (Å²) in [7, 11) is 0. The molecule has 186 valence electrons. The van der Waals surface area contributed by atoms with E-state index in [1.807, 2.05) is 54.6 Å². The molecular weight excluding hydrogens is 466 g/mol. The zero-order valence-electron chi connectivity index (χ0n) is 20.6. The van der Waals surface area contributed by atoms with Crippen molar-refractivity contribution in [3.05, 3.63) is 70.5 Å². The number of thiazole rings is 1. The van der Waals surface area contributed by atoms with E-state index in [1.165, 1.54) is 51.4 Å². The summed E-state index contributed by atoms with van der Waals surface area (Å²) < 4.78 is 8.26. The molecule has 6 heteroatoms. The Balaban J connectivity index is 1.06. The molecule has 5 saturated carbocycles. The quantitative estimate of drug-likeness (QED) is 0.392. The van der Waals surface area contributed by atoms with Crippen LogP contribution in [-0.2, 0) is 11.2 Å². The second kappa shape index (κ2) is 8.91. The van der Waals surface area contributed by atoms with Gasteiger partial charge in [0.25, 0.3) is 0 Å². The lowest BCUT2D eigenvalue weighted by Crippen LogP contribution is -2.50. The number of aromatic nitrogens is 1. The van der Waals surface area contributed by atoms with Crippen molar-refractivity contribution in [2.45, 2.75) is 69.4 Å². The van der Waals surface area contributed by atoms with Gasteiger partial charge in [-0.2, -0.15) is 0 Å². The van der Waals surface area contributed by atoms with Crippen LogP contribution in [0.5, 0.6) is 11.5 Å². The first kappa shape index (κ1) is 22.3. The Kier molecular flexibility index (Phi) is 5.53. The molecule has 1 amide bonds. The van der Waals surface area contributed by atoms with Crippen LogP contribution in [0.15, 0.2) is 65.0 Å². The number of benzene rings is 2. The number of anilines is 1. The van der Waals surface area contributed by atoms with Crippen LogP contribution in [0.2, 0.25) is 0 Å². The van der Waals surface area contributed by atoms with E-state index in [0.29, 0.717) is 12.5 Å². The van der Waals surface area contributed by atoms with Crippen LogP contribution in [0.3, 0.4) is 0 Å². The molecule has 0 spiro atoms. The molecule has 36 heavy (non-hydrogen) atoms. The summed E-state index contributed by atoms with van der Waals surface area (Å²) in [6, 6.07) is 17.8. The summed E-state index contributed by atoms with van der Waals surface area (Å²) in [6.07, 6.45) is 10.9. The average Bonchev–Trinajstić information content (AvgIpc) is 3.62. The molecule has 4 bridgehead atoms. The van der Waals surface area contributed by atoms with Crippen molar-refractivity contribution in [1.29, 1.82) is 0 Å². The number of carbonyl (C=O) groups excluding carboxylic acids is 1. The first-order valence-corrected chi connectivity index (χ1v) is 14.4. The smallest absolute Gasteiger partial charge is 0.230 e. The van der Waals surface area contributed by atoms with Gasteiger partial charge < -0.3 is 14.6 Å². The van der Waals surface area contributed by atoms with E-state index < -0.39 is 0 Å². The number of hydrogen-bond donors (Lipinski definition) is 1. The largest absolute Gasteiger partial charge is 0.457 e. The van der Waals surface area contributed by atoms with E-state index in [9.17, 15) is 4.79 Å². The molecule has 1 heterocycles. The zero-order valence-corrected chi connectivity index (χ0v) is 21.4. The Hall–Kier alpha value is -2.86. The van der Waals surface area contributed by atoms with E-state index in [-0.39, 0.29) is 11.4 Å². The van der Waals surface area contributed by atoms with Crippen molar-refractivity contribution in [2.24, 2.45) is 22.7 Å². The minimum Gasteiger partial charge on any atom is -0.457 e. The van der Waals surface area contributed by atoms with Gasteiger partial charge in [0.1, 0.15) is 11.5 Å². The van der Waals surface area contributed by atoms with Gasteiger partial charge >= 0.3 is 0 Å². The van der Waals surface area contributed by atoms with Gasteiger partial charge in [0.05, 0.1) is 12.0 Å². The molecule has 0 atom stereocenters. The van der Waals surface area contributed by atoms with Gasteiger partial charge in [-0.25, -0.2) is 0 Å². The van der Waals surface area contributed by atoms with Crippen LogP contribution in [0.25, 0.3) is 0 Å². The summed E-state index contributed by atoms with van der Waals surface area (Å²) in [4.78, 5) is 19.7. The number of ether oxygens (including phenoxy) is 1. The van der Waals surface area contributed by atoms with Crippen LogP contribution < -0.4 is 14.9 Å². The maximum Gasteiger partial charge on any atom is 0.230 e. The number of para-hydroxylation sites is 1. The highest BCUT2D eigenvalue weighted by atomic mass is 32.1. The van der Waals surface area contributed by atoms with Crippen molar-refractivity contribution in [2.75, 3.05) is 5.32 Å². The Bertz CT molecular complexity index is 1280. The fourth-order valence-corrected chi connectivity index (χ4v) is 8.36. The predicted molar refractivity (Wildman–Crippen MR) is 142 cm³/mol. The number of hydrogen-bond acceptors (Lipinski definition) is 4. The van der Waals surface area contributed by atoms with Gasteiger partial charge in [0.2, 0.25) is 5.91 Å². The van der Waals surface area contributed by atoms with Gasteiger partial charge in [-0.15, -0.1) is 11.3 Å². The lowest BCUT2D eigenvalue weighted by atomic mass is 9.53. The number of rotatable bonds is 7. The highest BCUT2D eigenvalue weighted by molar-refractivity contribution is 7.07. The maximum absolute atomic E-state index is 13.0. The van der Waals surface area contributed by atoms with Gasteiger partial charge in [-0.05, 0) is 106 Å². The third kappa shape index (κ3) is 4.52. The third-order valence-electron chi connectivity index (χ3n) is 8.53. The summed E-state index contributed by atoms with van der Waals surface area (Å²) >= 11 is 1.74. The number of carbonyl (C=O) groups is 1. The minimum absolute atomic E-state index is 0.0142. The third-order valence-corrected chi connectivity index (χ3v) is 9.41. The molecule has 8 rings (SSSR count). The van der Waals surface area contributed by atoms with Crippen LogP contribution >= 0.6 is 11.3 Å². The van der Waals surface area contributed by atoms with E-state index in [1.54, 1.807) is 11.3 Å². The monoisotopic (exact) mass is 499 g/mol. The SMILES string of the molecule is O=C(Cc1csc(=NC23CC4CC(CC(C4)C2)C3)n1C1CC1)Nc1ccc(Oc2ccccc2)cc1. The fourth-order valence-electron chi connectivity index (χ4n) is 7.29. The van der Waals surface area contributed by atoms with Crippen LogP contribution in [-0.4, -0.2) is 16.0 Å². The van der Waals surface area contributed by atoms with Crippen LogP contribution in [0, 0.1) is 17.8 Å². The molecule has 5 fully saturated rings. The fraction of sp³-hybridized carbons (Fsp3) is 0.467. The molecule has 5 aliphatic rings. The predicted octanol–water partition coefficient (Wildman–Crippen LogP) is 6.73. The first-order valence-electron chi connectivity index (χ1n) is 13.5. The normalized spacial score (nSPS) is 28.9. The molecule has 2 aromatic carbocycles. The summed E-state index contributed by atoms with van der Waals surface area (Å²) in [6.45, 7) is 0. The summed E-state index contributed by atoms with van der Waals surface area (Å²) in [5.41, 5.74) is 2.05. The Morgan fingerprint density at radius 3 is 2.22 bits per heavy atom. The minimum atomic E-state index is 0.0142. The standard InChI is InChI=1S/C30H33N3O2S/c34-28(31-23-6-10-27(11-7-23)35-26-4-2-1-3-5-26)15-25-19-36-29(33(25)24-8-9-24)32-30-16-20-12-21(17-30)14-22(13-20)18-30/h1-7,10-11,19-22,24H,8-9,12-18H2,(H,31,34). The van der Waals surface area contributed by atoms with Crippen molar-refractivity contribution < 1.29 is 9.53 Å². The van der Waals surface area contributed by atoms with Crippen molar-refractivity contribution in [3.63, 3.8) is 0 Å². The molecule has 5 nitrogen and oxygen atoms in total. The van der Waals surface area contributed by atoms with Gasteiger partial charge in [0, 0.05) is 22.8 Å². The zero-order chi connectivity index (χ0) is 24.1. The molecule has 1 aromatic heterocycles. The topological polar surface area (TPSA) is 55.6 Å². The molecule has 0 unspecified atom stereocenters. The lowest BCUT2D eigenvalue weighted by Gasteiger charge is -2.54. The van der Waals surface area contributed by atoms with E-state index in [4.69, 9.17) is 9.73 Å². The Labute approximate surface area is 216 Å². The van der Waals surface area contributed by atoms with Crippen LogP contribution in [0.4, 0.5) is 5.69 Å². The lowest BCUT2D eigenvalue weighted by molar-refractivity contribution is -0.115. The van der Waals surface area contributed by atoms with Crippen LogP contribution in [0.1, 0.15) is 63.1 Å². The Morgan fingerprint density at radius 1 is 0.944 bits per heavy atom. The molecule has 0 saturated heterocycles. The molecule has 0 radical (unpaired) electrons. The molecule has 3 aromatic rings.